The van der Waals surface area contributed by atoms with Gasteiger partial charge in [0.05, 0.1) is 5.70 Å². The molecule has 0 saturated heterocycles. The fourth-order valence-electron chi connectivity index (χ4n) is 2.43. The molecule has 1 aromatic carbocycles. The predicted octanol–water partition coefficient (Wildman–Crippen LogP) is 5.27. The topological polar surface area (TPSA) is 55.7 Å². The van der Waals surface area contributed by atoms with Crippen molar-refractivity contribution in [2.45, 2.75) is 25.3 Å². The van der Waals surface area contributed by atoms with E-state index in [4.69, 9.17) is 0 Å². The fraction of sp³-hybridized carbons (Fsp3) is 0.211. The number of rotatable bonds is 6. The zero-order chi connectivity index (χ0) is 20.1. The first-order valence-electron chi connectivity index (χ1n) is 8.03. The lowest BCUT2D eigenvalue weighted by Gasteiger charge is -2.16. The van der Waals surface area contributed by atoms with Crippen molar-refractivity contribution >= 4 is 27.6 Å². The highest BCUT2D eigenvalue weighted by atomic mass is 32.2. The molecule has 0 bridgehead atoms. The van der Waals surface area contributed by atoms with Crippen molar-refractivity contribution in [2.75, 3.05) is 0 Å². The predicted molar refractivity (Wildman–Crippen MR) is 101 cm³/mol. The fourth-order valence-corrected chi connectivity index (χ4v) is 2.91. The summed E-state index contributed by atoms with van der Waals surface area (Å²) in [4.78, 5) is 4.20. The molecule has 0 spiro atoms. The molecule has 144 valence electrons. The second-order valence-corrected chi connectivity index (χ2v) is 7.05. The van der Waals surface area contributed by atoms with Crippen LogP contribution in [0.5, 0.6) is 5.75 Å². The first-order chi connectivity index (χ1) is 12.7. The van der Waals surface area contributed by atoms with Crippen molar-refractivity contribution in [3.05, 3.63) is 66.3 Å². The van der Waals surface area contributed by atoms with Gasteiger partial charge in [0.15, 0.2) is 5.75 Å². The van der Waals surface area contributed by atoms with Crippen molar-refractivity contribution < 1.29 is 25.8 Å². The number of hydrogen-bond acceptors (Lipinski definition) is 4. The second kappa shape index (κ2) is 8.39. The summed E-state index contributed by atoms with van der Waals surface area (Å²) in [5, 5.41) is 0. The molecule has 0 fully saturated rings. The van der Waals surface area contributed by atoms with Crippen LogP contribution < -0.4 is 4.18 Å². The lowest BCUT2D eigenvalue weighted by Crippen LogP contribution is -2.28. The van der Waals surface area contributed by atoms with Gasteiger partial charge in [-0.25, -0.2) is 0 Å². The van der Waals surface area contributed by atoms with Crippen molar-refractivity contribution in [2.24, 2.45) is 4.99 Å². The molecular weight excluding hydrogens is 379 g/mol. The van der Waals surface area contributed by atoms with Crippen LogP contribution in [0.15, 0.2) is 60.2 Å². The number of aliphatic imine (C=N–C) groups is 1. The summed E-state index contributed by atoms with van der Waals surface area (Å²) in [5.41, 5.74) is -3.59. The summed E-state index contributed by atoms with van der Waals surface area (Å²) in [7, 11) is -5.78. The molecule has 0 unspecified atom stereocenters. The molecule has 0 aliphatic heterocycles. The summed E-state index contributed by atoms with van der Waals surface area (Å²) < 4.78 is 65.5. The van der Waals surface area contributed by atoms with Crippen LogP contribution in [-0.2, 0) is 10.1 Å². The Labute approximate surface area is 156 Å². The van der Waals surface area contributed by atoms with E-state index in [1.807, 2.05) is 12.2 Å². The molecule has 2 rings (SSSR count). The highest BCUT2D eigenvalue weighted by molar-refractivity contribution is 7.88. The molecule has 0 heterocycles. The van der Waals surface area contributed by atoms with Crippen LogP contribution >= 0.6 is 0 Å². The van der Waals surface area contributed by atoms with Crippen molar-refractivity contribution in [1.82, 2.24) is 0 Å². The van der Waals surface area contributed by atoms with E-state index in [1.165, 1.54) is 18.2 Å². The maximum Gasteiger partial charge on any atom is 0.534 e. The molecule has 0 atom stereocenters. The number of halogens is 3. The summed E-state index contributed by atoms with van der Waals surface area (Å²) >= 11 is 0. The van der Waals surface area contributed by atoms with E-state index >= 15 is 0 Å². The van der Waals surface area contributed by atoms with Crippen molar-refractivity contribution in [1.29, 1.82) is 0 Å². The average molecular weight is 397 g/mol. The summed E-state index contributed by atoms with van der Waals surface area (Å²) in [6.45, 7) is 5.33. The highest BCUT2D eigenvalue weighted by Gasteiger charge is 2.48. The normalized spacial score (nSPS) is 15.7. The van der Waals surface area contributed by atoms with Gasteiger partial charge in [-0.2, -0.15) is 21.6 Å². The number of hydrogen-bond donors (Lipinski definition) is 0. The van der Waals surface area contributed by atoms with Crippen LogP contribution in [0.3, 0.4) is 0 Å². The molecule has 0 aromatic heterocycles. The monoisotopic (exact) mass is 397 g/mol. The van der Waals surface area contributed by atoms with Gasteiger partial charge in [-0.15, -0.1) is 0 Å². The largest absolute Gasteiger partial charge is 0.534 e. The van der Waals surface area contributed by atoms with Gasteiger partial charge in [0.25, 0.3) is 0 Å². The molecule has 0 saturated carbocycles. The Morgan fingerprint density at radius 2 is 2.04 bits per heavy atom. The standard InChI is InChI=1S/C19H18F3NO3S/c1-3-8-17(23-4-2)15-11-12-18(26-27(24,25)19(20,21)22)16(13-15)14-9-6-5-7-10-14/h3-4,6,8-13H,1,5,7H2,2H3/b17-8-,23-4?. The minimum atomic E-state index is -5.78. The first-order valence-corrected chi connectivity index (χ1v) is 9.44. The van der Waals surface area contributed by atoms with Gasteiger partial charge in [0.2, 0.25) is 0 Å². The lowest BCUT2D eigenvalue weighted by molar-refractivity contribution is -0.0500. The Bertz CT molecular complexity index is 939. The molecule has 1 aromatic rings. The van der Waals surface area contributed by atoms with Crippen LogP contribution in [0, 0.1) is 0 Å². The summed E-state index contributed by atoms with van der Waals surface area (Å²) in [6, 6.07) is 4.19. The summed E-state index contributed by atoms with van der Waals surface area (Å²) in [6.07, 6.45) is 11.6. The Balaban J connectivity index is 2.61. The van der Waals surface area contributed by atoms with Gasteiger partial charge in [0.1, 0.15) is 0 Å². The molecule has 1 aliphatic rings. The number of alkyl halides is 3. The van der Waals surface area contributed by atoms with Crippen molar-refractivity contribution in [3.8, 4) is 5.75 Å². The zero-order valence-corrected chi connectivity index (χ0v) is 15.3. The van der Waals surface area contributed by atoms with E-state index in [-0.39, 0.29) is 5.56 Å². The van der Waals surface area contributed by atoms with Crippen LogP contribution in [0.25, 0.3) is 11.3 Å². The number of nitrogens with zero attached hydrogens (tertiary/aromatic N) is 1. The summed E-state index contributed by atoms with van der Waals surface area (Å²) in [5.74, 6) is -0.396. The Morgan fingerprint density at radius 3 is 2.59 bits per heavy atom. The van der Waals surface area contributed by atoms with Gasteiger partial charge in [0, 0.05) is 17.3 Å². The molecule has 8 heteroatoms. The maximum atomic E-state index is 12.7. The minimum Gasteiger partial charge on any atom is -0.375 e. The van der Waals surface area contributed by atoms with Crippen LogP contribution in [0.4, 0.5) is 13.2 Å². The second-order valence-electron chi connectivity index (χ2n) is 5.51. The van der Waals surface area contributed by atoms with Crippen molar-refractivity contribution in [3.63, 3.8) is 0 Å². The molecule has 0 N–H and O–H groups in total. The van der Waals surface area contributed by atoms with Crippen LogP contribution in [-0.4, -0.2) is 20.1 Å². The maximum absolute atomic E-state index is 12.7. The zero-order valence-electron chi connectivity index (χ0n) is 14.5. The van der Waals surface area contributed by atoms with Crippen LogP contribution in [0.1, 0.15) is 30.9 Å². The van der Waals surface area contributed by atoms with Gasteiger partial charge in [-0.3, -0.25) is 4.99 Å². The number of allylic oxidation sites excluding steroid dienone is 6. The van der Waals surface area contributed by atoms with Gasteiger partial charge in [-0.05, 0) is 49.6 Å². The highest BCUT2D eigenvalue weighted by Crippen LogP contribution is 2.36. The van der Waals surface area contributed by atoms with E-state index in [9.17, 15) is 21.6 Å². The van der Waals surface area contributed by atoms with E-state index in [0.29, 0.717) is 23.3 Å². The Hall–Kier alpha value is -2.61. The van der Waals surface area contributed by atoms with E-state index in [1.54, 1.807) is 31.4 Å². The molecular formula is C19H18F3NO3S. The third-order valence-corrected chi connectivity index (χ3v) is 4.57. The van der Waals surface area contributed by atoms with Gasteiger partial charge < -0.3 is 4.18 Å². The minimum absolute atomic E-state index is 0.234. The molecule has 27 heavy (non-hydrogen) atoms. The van der Waals surface area contributed by atoms with E-state index < -0.39 is 21.4 Å². The Morgan fingerprint density at radius 1 is 1.30 bits per heavy atom. The van der Waals surface area contributed by atoms with E-state index in [2.05, 4.69) is 15.8 Å². The molecule has 0 amide bonds. The third-order valence-electron chi connectivity index (χ3n) is 3.61. The van der Waals surface area contributed by atoms with Gasteiger partial charge >= 0.3 is 15.6 Å². The molecule has 4 nitrogen and oxygen atoms in total. The van der Waals surface area contributed by atoms with Crippen LogP contribution in [0.2, 0.25) is 0 Å². The third kappa shape index (κ3) is 4.97. The Kier molecular flexibility index (Phi) is 6.43. The smallest absolute Gasteiger partial charge is 0.375 e. The van der Waals surface area contributed by atoms with E-state index in [0.717, 1.165) is 6.42 Å². The molecule has 1 aliphatic carbocycles. The quantitative estimate of drug-likeness (QED) is 0.285. The average Bonchev–Trinajstić information content (AvgIpc) is 2.61. The van der Waals surface area contributed by atoms with Gasteiger partial charge in [-0.1, -0.05) is 30.9 Å². The number of benzene rings is 1. The first kappa shape index (κ1) is 20.7. The molecule has 0 radical (unpaired) electrons. The lowest BCUT2D eigenvalue weighted by atomic mass is 9.96. The SMILES string of the molecule is C=C/C=C(\N=CC)c1ccc(OS(=O)(=O)C(F)(F)F)c(C2=CCCC=C2)c1.